The number of methoxy groups -OCH3 is 3. The van der Waals surface area contributed by atoms with Crippen LogP contribution in [0, 0.1) is 0 Å². The van der Waals surface area contributed by atoms with E-state index in [1.165, 1.54) is 14.2 Å². The van der Waals surface area contributed by atoms with E-state index >= 15 is 0 Å². The average Bonchev–Trinajstić information content (AvgIpc) is 2.66. The van der Waals surface area contributed by atoms with E-state index < -0.39 is 0 Å². The van der Waals surface area contributed by atoms with Gasteiger partial charge in [0.15, 0.2) is 17.3 Å². The van der Waals surface area contributed by atoms with Crippen LogP contribution in [0.4, 0.5) is 11.4 Å². The molecule has 0 aliphatic heterocycles. The lowest BCUT2D eigenvalue weighted by Crippen LogP contribution is -2.12. The number of nitrogens with zero attached hydrogens (tertiary/aromatic N) is 1. The van der Waals surface area contributed by atoms with Gasteiger partial charge in [-0.25, -0.2) is 0 Å². The van der Waals surface area contributed by atoms with E-state index in [4.69, 9.17) is 19.9 Å². The Kier molecular flexibility index (Phi) is 6.74. The van der Waals surface area contributed by atoms with Gasteiger partial charge in [-0.15, -0.1) is 0 Å². The molecule has 2 N–H and O–H groups in total. The van der Waals surface area contributed by atoms with Gasteiger partial charge in [0.2, 0.25) is 5.75 Å². The van der Waals surface area contributed by atoms with Crippen LogP contribution in [-0.2, 0) is 0 Å². The Morgan fingerprint density at radius 2 is 1.70 bits per heavy atom. The number of anilines is 2. The van der Waals surface area contributed by atoms with Crippen LogP contribution in [0.25, 0.3) is 6.08 Å². The lowest BCUT2D eigenvalue weighted by atomic mass is 10.1. The van der Waals surface area contributed by atoms with E-state index in [1.54, 1.807) is 43.5 Å². The minimum absolute atomic E-state index is 0.171. The Hall–Kier alpha value is -2.67. The smallest absolute Gasteiger partial charge is 0.203 e. The van der Waals surface area contributed by atoms with Crippen molar-refractivity contribution in [2.24, 2.45) is 0 Å². The fourth-order valence-electron chi connectivity index (χ4n) is 2.65. The number of halogens is 1. The molecule has 0 fully saturated rings. The van der Waals surface area contributed by atoms with Gasteiger partial charge in [0.25, 0.3) is 0 Å². The first-order valence-corrected chi connectivity index (χ1v) is 8.91. The molecule has 7 heteroatoms. The number of nitrogen functional groups attached to an aromatic ring is 1. The van der Waals surface area contributed by atoms with Crippen LogP contribution in [-0.4, -0.2) is 41.2 Å². The first kappa shape index (κ1) is 20.6. The van der Waals surface area contributed by atoms with Crippen molar-refractivity contribution in [3.05, 3.63) is 45.9 Å². The molecule has 0 aliphatic rings. The highest BCUT2D eigenvalue weighted by atomic mass is 79.9. The van der Waals surface area contributed by atoms with Gasteiger partial charge in [-0.1, -0.05) is 0 Å². The van der Waals surface area contributed by atoms with Gasteiger partial charge in [0.05, 0.1) is 37.2 Å². The molecule has 0 amide bonds. The van der Waals surface area contributed by atoms with Gasteiger partial charge < -0.3 is 24.8 Å². The van der Waals surface area contributed by atoms with Crippen molar-refractivity contribution < 1.29 is 19.0 Å². The maximum atomic E-state index is 12.8. The number of hydrogen-bond donors (Lipinski definition) is 1. The molecule has 0 saturated heterocycles. The number of carbonyl (C=O) groups excluding carboxylic acids is 1. The standard InChI is InChI=1S/C20H23BrN2O4/c1-23(2)16-11-12(6-8-15(16)22)18(24)14(21)10-13-7-9-17(25-3)20(27-5)19(13)26-4/h6-11H,22H2,1-5H3/b14-10+. The van der Waals surface area contributed by atoms with Crippen molar-refractivity contribution in [1.29, 1.82) is 0 Å². The summed E-state index contributed by atoms with van der Waals surface area (Å²) in [7, 11) is 8.37. The second-order valence-electron chi connectivity index (χ2n) is 5.91. The lowest BCUT2D eigenvalue weighted by molar-refractivity contribution is 0.104. The Labute approximate surface area is 167 Å². The summed E-state index contributed by atoms with van der Waals surface area (Å²) < 4.78 is 16.5. The van der Waals surface area contributed by atoms with E-state index in [0.29, 0.717) is 38.5 Å². The highest BCUT2D eigenvalue weighted by Crippen LogP contribution is 2.41. The normalized spacial score (nSPS) is 11.1. The van der Waals surface area contributed by atoms with Gasteiger partial charge in [-0.2, -0.15) is 0 Å². The van der Waals surface area contributed by atoms with Crippen LogP contribution in [0.2, 0.25) is 0 Å². The molecule has 0 spiro atoms. The average molecular weight is 435 g/mol. The van der Waals surface area contributed by atoms with Gasteiger partial charge in [0, 0.05) is 25.2 Å². The highest BCUT2D eigenvalue weighted by molar-refractivity contribution is 9.12. The minimum atomic E-state index is -0.171. The second kappa shape index (κ2) is 8.81. The number of ether oxygens (including phenoxy) is 3. The maximum Gasteiger partial charge on any atom is 0.203 e. The Morgan fingerprint density at radius 1 is 1.04 bits per heavy atom. The topological polar surface area (TPSA) is 74.0 Å². The van der Waals surface area contributed by atoms with Gasteiger partial charge in [-0.05, 0) is 52.3 Å². The number of allylic oxidation sites excluding steroid dienone is 1. The highest BCUT2D eigenvalue weighted by Gasteiger charge is 2.17. The largest absolute Gasteiger partial charge is 0.493 e. The van der Waals surface area contributed by atoms with Gasteiger partial charge in [-0.3, -0.25) is 4.79 Å². The van der Waals surface area contributed by atoms with Gasteiger partial charge >= 0.3 is 0 Å². The molecule has 0 atom stereocenters. The Morgan fingerprint density at radius 3 is 2.26 bits per heavy atom. The molecule has 0 unspecified atom stereocenters. The summed E-state index contributed by atoms with van der Waals surface area (Å²) in [6, 6.07) is 8.73. The molecule has 2 aromatic carbocycles. The van der Waals surface area contributed by atoms with E-state index in [-0.39, 0.29) is 5.78 Å². The Balaban J connectivity index is 2.46. The fourth-order valence-corrected chi connectivity index (χ4v) is 3.13. The summed E-state index contributed by atoms with van der Waals surface area (Å²) in [4.78, 5) is 14.7. The summed E-state index contributed by atoms with van der Waals surface area (Å²) in [5, 5.41) is 0. The molecule has 0 heterocycles. The van der Waals surface area contributed by atoms with Crippen LogP contribution >= 0.6 is 15.9 Å². The molecule has 0 saturated carbocycles. The summed E-state index contributed by atoms with van der Waals surface area (Å²) in [6.45, 7) is 0. The summed E-state index contributed by atoms with van der Waals surface area (Å²) in [6.07, 6.45) is 1.69. The number of hydrogen-bond acceptors (Lipinski definition) is 6. The molecule has 0 radical (unpaired) electrons. The van der Waals surface area contributed by atoms with Crippen LogP contribution in [0.15, 0.2) is 34.8 Å². The lowest BCUT2D eigenvalue weighted by Gasteiger charge is -2.16. The summed E-state index contributed by atoms with van der Waals surface area (Å²) in [5.74, 6) is 1.31. The van der Waals surface area contributed by atoms with E-state index in [2.05, 4.69) is 15.9 Å². The van der Waals surface area contributed by atoms with Crippen LogP contribution in [0.3, 0.4) is 0 Å². The maximum absolute atomic E-state index is 12.8. The number of carbonyl (C=O) groups is 1. The predicted octanol–water partition coefficient (Wildman–Crippen LogP) is 3.98. The third-order valence-electron chi connectivity index (χ3n) is 4.01. The molecule has 27 heavy (non-hydrogen) atoms. The number of rotatable bonds is 7. The monoisotopic (exact) mass is 434 g/mol. The van der Waals surface area contributed by atoms with Crippen molar-refractivity contribution in [2.45, 2.75) is 0 Å². The van der Waals surface area contributed by atoms with Crippen molar-refractivity contribution in [2.75, 3.05) is 46.1 Å². The van der Waals surface area contributed by atoms with Crippen LogP contribution in [0.5, 0.6) is 17.2 Å². The molecular weight excluding hydrogens is 412 g/mol. The molecule has 2 rings (SSSR count). The number of Topliss-reactive ketones (excluding diaryl/α,β-unsaturated/α-hetero) is 1. The quantitative estimate of drug-likeness (QED) is 0.403. The number of benzene rings is 2. The molecule has 0 bridgehead atoms. The van der Waals surface area contributed by atoms with Crippen molar-refractivity contribution >= 4 is 39.2 Å². The third-order valence-corrected chi connectivity index (χ3v) is 4.60. The zero-order chi connectivity index (χ0) is 20.1. The fraction of sp³-hybridized carbons (Fsp3) is 0.250. The minimum Gasteiger partial charge on any atom is -0.493 e. The zero-order valence-electron chi connectivity index (χ0n) is 16.0. The van der Waals surface area contributed by atoms with E-state index in [9.17, 15) is 4.79 Å². The Bertz CT molecular complexity index is 879. The van der Waals surface area contributed by atoms with E-state index in [1.807, 2.05) is 19.0 Å². The molecule has 2 aromatic rings. The molecule has 0 aromatic heterocycles. The van der Waals surface area contributed by atoms with Gasteiger partial charge in [0.1, 0.15) is 0 Å². The number of nitrogens with two attached hydrogens (primary N) is 1. The van der Waals surface area contributed by atoms with Crippen molar-refractivity contribution in [3.8, 4) is 17.2 Å². The summed E-state index contributed by atoms with van der Waals surface area (Å²) in [5.41, 5.74) is 8.56. The van der Waals surface area contributed by atoms with Crippen LogP contribution in [0.1, 0.15) is 15.9 Å². The molecule has 6 nitrogen and oxygen atoms in total. The first-order chi connectivity index (χ1) is 12.8. The SMILES string of the molecule is COc1ccc(/C=C(/Br)C(=O)c2ccc(N)c(N(C)C)c2)c(OC)c1OC. The van der Waals surface area contributed by atoms with Crippen molar-refractivity contribution in [1.82, 2.24) is 0 Å². The number of ketones is 1. The van der Waals surface area contributed by atoms with E-state index in [0.717, 1.165) is 5.69 Å². The zero-order valence-corrected chi connectivity index (χ0v) is 17.6. The molecule has 144 valence electrons. The molecular formula is C20H23BrN2O4. The second-order valence-corrected chi connectivity index (χ2v) is 6.77. The van der Waals surface area contributed by atoms with Crippen LogP contribution < -0.4 is 24.8 Å². The van der Waals surface area contributed by atoms with Crippen molar-refractivity contribution in [3.63, 3.8) is 0 Å². The molecule has 0 aliphatic carbocycles. The first-order valence-electron chi connectivity index (χ1n) is 8.11. The predicted molar refractivity (Wildman–Crippen MR) is 113 cm³/mol. The third kappa shape index (κ3) is 4.36. The summed E-state index contributed by atoms with van der Waals surface area (Å²) >= 11 is 3.38.